The number of halogens is 1. The third-order valence-corrected chi connectivity index (χ3v) is 4.07. The lowest BCUT2D eigenvalue weighted by atomic mass is 10.0. The zero-order chi connectivity index (χ0) is 14.1. The van der Waals surface area contributed by atoms with Gasteiger partial charge in [-0.1, -0.05) is 28.9 Å². The lowest BCUT2D eigenvalue weighted by molar-refractivity contribution is 0.416. The third kappa shape index (κ3) is 2.15. The van der Waals surface area contributed by atoms with Crippen LogP contribution in [0.4, 0.5) is 5.88 Å². The SMILES string of the molecule is COc1ccsc1-c1noc(N)c1-c1ccc(Cl)cc1. The number of hydrogen-bond acceptors (Lipinski definition) is 5. The Morgan fingerprint density at radius 1 is 1.25 bits per heavy atom. The van der Waals surface area contributed by atoms with Gasteiger partial charge in [-0.3, -0.25) is 0 Å². The van der Waals surface area contributed by atoms with Gasteiger partial charge in [-0.05, 0) is 29.1 Å². The van der Waals surface area contributed by atoms with Crippen LogP contribution < -0.4 is 10.5 Å². The van der Waals surface area contributed by atoms with E-state index < -0.39 is 0 Å². The molecule has 0 spiro atoms. The van der Waals surface area contributed by atoms with E-state index in [1.54, 1.807) is 19.2 Å². The van der Waals surface area contributed by atoms with Gasteiger partial charge in [0.2, 0.25) is 5.88 Å². The molecular formula is C14H11ClN2O2S. The fourth-order valence-corrected chi connectivity index (χ4v) is 2.96. The standard InChI is InChI=1S/C14H11ClN2O2S/c1-18-10-6-7-20-13(10)12-11(14(16)19-17-12)8-2-4-9(15)5-3-8/h2-7H,16H2,1H3. The number of aromatic nitrogens is 1. The first-order valence-electron chi connectivity index (χ1n) is 5.83. The third-order valence-electron chi connectivity index (χ3n) is 2.92. The van der Waals surface area contributed by atoms with Crippen LogP contribution in [0.3, 0.4) is 0 Å². The minimum Gasteiger partial charge on any atom is -0.495 e. The van der Waals surface area contributed by atoms with Crippen molar-refractivity contribution >= 4 is 28.8 Å². The quantitative estimate of drug-likeness (QED) is 0.783. The zero-order valence-corrected chi connectivity index (χ0v) is 12.2. The molecule has 3 aromatic rings. The van der Waals surface area contributed by atoms with Crippen LogP contribution >= 0.6 is 22.9 Å². The van der Waals surface area contributed by atoms with E-state index in [0.29, 0.717) is 10.7 Å². The van der Waals surface area contributed by atoms with Crippen molar-refractivity contribution in [2.75, 3.05) is 12.8 Å². The van der Waals surface area contributed by atoms with E-state index in [1.165, 1.54) is 11.3 Å². The maximum Gasteiger partial charge on any atom is 0.230 e. The molecule has 0 bridgehead atoms. The first-order valence-corrected chi connectivity index (χ1v) is 7.09. The van der Waals surface area contributed by atoms with Crippen molar-refractivity contribution in [3.05, 3.63) is 40.7 Å². The van der Waals surface area contributed by atoms with Crippen molar-refractivity contribution in [3.63, 3.8) is 0 Å². The van der Waals surface area contributed by atoms with Gasteiger partial charge in [-0.2, -0.15) is 0 Å². The lowest BCUT2D eigenvalue weighted by Crippen LogP contribution is -1.88. The van der Waals surface area contributed by atoms with E-state index in [-0.39, 0.29) is 5.88 Å². The number of anilines is 1. The number of rotatable bonds is 3. The van der Waals surface area contributed by atoms with Gasteiger partial charge in [0, 0.05) is 5.02 Å². The summed E-state index contributed by atoms with van der Waals surface area (Å²) >= 11 is 7.44. The summed E-state index contributed by atoms with van der Waals surface area (Å²) in [6.45, 7) is 0. The Bertz CT molecular complexity index is 734. The highest BCUT2D eigenvalue weighted by molar-refractivity contribution is 7.14. The van der Waals surface area contributed by atoms with Crippen molar-refractivity contribution in [1.29, 1.82) is 0 Å². The van der Waals surface area contributed by atoms with Gasteiger partial charge < -0.3 is 15.0 Å². The van der Waals surface area contributed by atoms with E-state index in [4.69, 9.17) is 26.6 Å². The molecule has 2 heterocycles. The molecule has 0 fully saturated rings. The summed E-state index contributed by atoms with van der Waals surface area (Å²) < 4.78 is 10.5. The second-order valence-electron chi connectivity index (χ2n) is 4.10. The number of benzene rings is 1. The molecule has 20 heavy (non-hydrogen) atoms. The van der Waals surface area contributed by atoms with Crippen LogP contribution in [0, 0.1) is 0 Å². The summed E-state index contributed by atoms with van der Waals surface area (Å²) in [4.78, 5) is 0.887. The Kier molecular flexibility index (Phi) is 3.38. The molecule has 1 aromatic carbocycles. The number of nitrogens with zero attached hydrogens (tertiary/aromatic N) is 1. The fourth-order valence-electron chi connectivity index (χ4n) is 1.98. The fraction of sp³-hybridized carbons (Fsp3) is 0.0714. The van der Waals surface area contributed by atoms with E-state index in [1.807, 2.05) is 23.6 Å². The second kappa shape index (κ2) is 5.19. The first-order chi connectivity index (χ1) is 9.70. The number of nitrogens with two attached hydrogens (primary N) is 1. The molecule has 0 radical (unpaired) electrons. The molecule has 0 atom stereocenters. The molecule has 0 amide bonds. The minimum absolute atomic E-state index is 0.276. The normalized spacial score (nSPS) is 10.7. The van der Waals surface area contributed by atoms with Crippen LogP contribution in [0.2, 0.25) is 5.02 Å². The average molecular weight is 307 g/mol. The molecule has 0 saturated carbocycles. The van der Waals surface area contributed by atoms with Crippen molar-refractivity contribution in [2.45, 2.75) is 0 Å². The summed E-state index contributed by atoms with van der Waals surface area (Å²) in [5, 5.41) is 6.66. The number of methoxy groups -OCH3 is 1. The molecule has 0 aliphatic carbocycles. The Hall–Kier alpha value is -1.98. The Labute approximate surface area is 124 Å². The second-order valence-corrected chi connectivity index (χ2v) is 5.45. The maximum absolute atomic E-state index is 5.91. The first kappa shape index (κ1) is 13.0. The van der Waals surface area contributed by atoms with E-state index >= 15 is 0 Å². The predicted molar refractivity (Wildman–Crippen MR) is 81.2 cm³/mol. The van der Waals surface area contributed by atoms with Gasteiger partial charge in [-0.25, -0.2) is 0 Å². The monoisotopic (exact) mass is 306 g/mol. The number of hydrogen-bond donors (Lipinski definition) is 1. The van der Waals surface area contributed by atoms with Crippen molar-refractivity contribution in [3.8, 4) is 27.4 Å². The molecule has 2 aromatic heterocycles. The van der Waals surface area contributed by atoms with Gasteiger partial charge >= 0.3 is 0 Å². The summed E-state index contributed by atoms with van der Waals surface area (Å²) in [5.41, 5.74) is 8.24. The number of ether oxygens (including phenoxy) is 1. The van der Waals surface area contributed by atoms with Crippen LogP contribution in [0.25, 0.3) is 21.7 Å². The summed E-state index contributed by atoms with van der Waals surface area (Å²) in [6.07, 6.45) is 0. The number of thiophene rings is 1. The van der Waals surface area contributed by atoms with Crippen molar-refractivity contribution < 1.29 is 9.26 Å². The summed E-state index contributed by atoms with van der Waals surface area (Å²) in [7, 11) is 1.62. The minimum atomic E-state index is 0.276. The highest BCUT2D eigenvalue weighted by Crippen LogP contribution is 2.42. The topological polar surface area (TPSA) is 61.3 Å². The molecular weight excluding hydrogens is 296 g/mol. The van der Waals surface area contributed by atoms with Gasteiger partial charge in [0.05, 0.1) is 17.6 Å². The van der Waals surface area contributed by atoms with Crippen molar-refractivity contribution in [2.24, 2.45) is 0 Å². The predicted octanol–water partition coefficient (Wildman–Crippen LogP) is 4.31. The van der Waals surface area contributed by atoms with Crippen LogP contribution in [0.1, 0.15) is 0 Å². The van der Waals surface area contributed by atoms with Crippen LogP contribution in [0.15, 0.2) is 40.2 Å². The molecule has 102 valence electrons. The van der Waals surface area contributed by atoms with Gasteiger partial charge in [0.15, 0.2) is 0 Å². The molecule has 2 N–H and O–H groups in total. The Morgan fingerprint density at radius 3 is 2.70 bits per heavy atom. The van der Waals surface area contributed by atoms with Crippen molar-refractivity contribution in [1.82, 2.24) is 5.16 Å². The maximum atomic E-state index is 5.91. The summed E-state index contributed by atoms with van der Waals surface area (Å²) in [6, 6.07) is 9.26. The largest absolute Gasteiger partial charge is 0.495 e. The lowest BCUT2D eigenvalue weighted by Gasteiger charge is -2.03. The Morgan fingerprint density at radius 2 is 2.00 bits per heavy atom. The van der Waals surface area contributed by atoms with E-state index in [9.17, 15) is 0 Å². The van der Waals surface area contributed by atoms with Crippen LogP contribution in [-0.4, -0.2) is 12.3 Å². The molecule has 3 rings (SSSR count). The highest BCUT2D eigenvalue weighted by atomic mass is 35.5. The Balaban J connectivity index is 2.17. The molecule has 0 unspecified atom stereocenters. The molecule has 0 aliphatic heterocycles. The summed E-state index contributed by atoms with van der Waals surface area (Å²) in [5.74, 6) is 1.02. The van der Waals surface area contributed by atoms with Crippen LogP contribution in [0.5, 0.6) is 5.75 Å². The molecule has 0 saturated heterocycles. The smallest absolute Gasteiger partial charge is 0.230 e. The molecule has 0 aliphatic rings. The van der Waals surface area contributed by atoms with Gasteiger partial charge in [0.25, 0.3) is 0 Å². The molecule has 4 nitrogen and oxygen atoms in total. The average Bonchev–Trinajstić information content (AvgIpc) is 3.05. The van der Waals surface area contributed by atoms with E-state index in [2.05, 4.69) is 5.16 Å². The van der Waals surface area contributed by atoms with Gasteiger partial charge in [0.1, 0.15) is 11.4 Å². The van der Waals surface area contributed by atoms with E-state index in [0.717, 1.165) is 21.8 Å². The van der Waals surface area contributed by atoms with Gasteiger partial charge in [-0.15, -0.1) is 11.3 Å². The van der Waals surface area contributed by atoms with Crippen LogP contribution in [-0.2, 0) is 0 Å². The zero-order valence-electron chi connectivity index (χ0n) is 10.6. The highest BCUT2D eigenvalue weighted by Gasteiger charge is 2.21. The molecule has 6 heteroatoms. The number of nitrogen functional groups attached to an aromatic ring is 1.